The Balaban J connectivity index is 0. The molecule has 0 aromatic heterocycles. The van der Waals surface area contributed by atoms with Crippen LogP contribution < -0.4 is 5.73 Å². The van der Waals surface area contributed by atoms with E-state index in [0.29, 0.717) is 0 Å². The monoisotopic (exact) mass is 205 g/mol. The van der Waals surface area contributed by atoms with Crippen LogP contribution in [0.2, 0.25) is 0 Å². The van der Waals surface area contributed by atoms with Crippen LogP contribution in [-0.4, -0.2) is 60.1 Å². The molecular formula is C5H12NNaO4S. The van der Waals surface area contributed by atoms with Gasteiger partial charge in [0, 0.05) is 13.0 Å². The summed E-state index contributed by atoms with van der Waals surface area (Å²) in [4.78, 5) is 10.8. The Labute approximate surface area is 93.7 Å². The third-order valence-corrected chi connectivity index (χ3v) is 2.46. The molecule has 0 aromatic rings. The standard InChI is InChI=1S/C5H11NO4S.Na.H/c1-2-4(7)5(3-6)11(8,9)10;;/h5H,2-3,6H2,1H3,(H,8,9,10);;. The second-order valence-electron chi connectivity index (χ2n) is 2.06. The van der Waals surface area contributed by atoms with E-state index in [1.165, 1.54) is 6.92 Å². The van der Waals surface area contributed by atoms with Crippen molar-refractivity contribution in [3.05, 3.63) is 0 Å². The molecule has 0 saturated heterocycles. The number of nitrogens with two attached hydrogens (primary N) is 1. The van der Waals surface area contributed by atoms with Crippen molar-refractivity contribution < 1.29 is 17.8 Å². The Hall–Kier alpha value is 0.540. The van der Waals surface area contributed by atoms with Crippen molar-refractivity contribution in [2.24, 2.45) is 5.73 Å². The molecule has 0 aromatic carbocycles. The summed E-state index contributed by atoms with van der Waals surface area (Å²) < 4.78 is 29.3. The summed E-state index contributed by atoms with van der Waals surface area (Å²) >= 11 is 0. The number of carbonyl (C=O) groups excluding carboxylic acids is 1. The van der Waals surface area contributed by atoms with E-state index in [0.717, 1.165) is 0 Å². The molecule has 0 aliphatic carbocycles. The minimum absolute atomic E-state index is 0. The molecule has 0 amide bonds. The van der Waals surface area contributed by atoms with Crippen LogP contribution in [0.3, 0.4) is 0 Å². The summed E-state index contributed by atoms with van der Waals surface area (Å²) in [6, 6.07) is 0. The molecule has 0 radical (unpaired) electrons. The van der Waals surface area contributed by atoms with E-state index in [2.05, 4.69) is 0 Å². The molecule has 12 heavy (non-hydrogen) atoms. The molecule has 68 valence electrons. The molecule has 0 heterocycles. The van der Waals surface area contributed by atoms with Gasteiger partial charge in [-0.2, -0.15) is 8.42 Å². The van der Waals surface area contributed by atoms with Gasteiger partial charge in [0.2, 0.25) is 0 Å². The van der Waals surface area contributed by atoms with Crippen LogP contribution in [-0.2, 0) is 14.9 Å². The normalized spacial score (nSPS) is 13.2. The van der Waals surface area contributed by atoms with Gasteiger partial charge in [-0.25, -0.2) is 0 Å². The summed E-state index contributed by atoms with van der Waals surface area (Å²) in [5.41, 5.74) is 4.98. The molecule has 0 bridgehead atoms. The molecule has 0 aliphatic heterocycles. The van der Waals surface area contributed by atoms with Gasteiger partial charge in [0.05, 0.1) is 0 Å². The molecule has 0 spiro atoms. The topological polar surface area (TPSA) is 97.5 Å². The van der Waals surface area contributed by atoms with E-state index in [4.69, 9.17) is 10.3 Å². The van der Waals surface area contributed by atoms with Gasteiger partial charge in [0.25, 0.3) is 10.1 Å². The predicted octanol–water partition coefficient (Wildman–Crippen LogP) is -1.47. The maximum atomic E-state index is 10.8. The first-order chi connectivity index (χ1) is 4.93. The summed E-state index contributed by atoms with van der Waals surface area (Å²) in [6.07, 6.45) is 0.0572. The van der Waals surface area contributed by atoms with Crippen molar-refractivity contribution >= 4 is 45.5 Å². The number of hydrogen-bond donors (Lipinski definition) is 2. The van der Waals surface area contributed by atoms with Gasteiger partial charge >= 0.3 is 29.6 Å². The van der Waals surface area contributed by atoms with Crippen molar-refractivity contribution in [1.29, 1.82) is 0 Å². The van der Waals surface area contributed by atoms with Crippen molar-refractivity contribution in [1.82, 2.24) is 0 Å². The predicted molar refractivity (Wildman–Crippen MR) is 46.8 cm³/mol. The number of ketones is 1. The van der Waals surface area contributed by atoms with E-state index in [1.54, 1.807) is 0 Å². The van der Waals surface area contributed by atoms with Gasteiger partial charge in [-0.1, -0.05) is 6.92 Å². The van der Waals surface area contributed by atoms with Crippen molar-refractivity contribution in [2.75, 3.05) is 6.54 Å². The average molecular weight is 205 g/mol. The quantitative estimate of drug-likeness (QED) is 0.431. The van der Waals surface area contributed by atoms with Gasteiger partial charge in [-0.05, 0) is 0 Å². The molecule has 0 aliphatic rings. The zero-order chi connectivity index (χ0) is 9.07. The molecule has 7 heteroatoms. The van der Waals surface area contributed by atoms with E-state index >= 15 is 0 Å². The number of Topliss-reactive ketones (excluding diaryl/α,β-unsaturated/α-hetero) is 1. The molecular weight excluding hydrogens is 193 g/mol. The molecule has 1 unspecified atom stereocenters. The zero-order valence-electron chi connectivity index (χ0n) is 6.15. The van der Waals surface area contributed by atoms with Crippen LogP contribution in [0, 0.1) is 0 Å². The SMILES string of the molecule is CCC(=O)C(CN)S(=O)(=O)O.[NaH]. The first-order valence-electron chi connectivity index (χ1n) is 3.12. The summed E-state index contributed by atoms with van der Waals surface area (Å²) in [5.74, 6) is -0.560. The van der Waals surface area contributed by atoms with E-state index in [-0.39, 0.29) is 42.5 Å². The fourth-order valence-electron chi connectivity index (χ4n) is 0.647. The summed E-state index contributed by atoms with van der Waals surface area (Å²) in [6.45, 7) is 1.14. The molecule has 3 N–H and O–H groups in total. The zero-order valence-corrected chi connectivity index (χ0v) is 6.97. The van der Waals surface area contributed by atoms with Gasteiger partial charge in [-0.15, -0.1) is 0 Å². The van der Waals surface area contributed by atoms with Crippen LogP contribution >= 0.6 is 0 Å². The molecule has 0 rings (SSSR count). The summed E-state index contributed by atoms with van der Waals surface area (Å²) in [7, 11) is -4.30. The Morgan fingerprint density at radius 3 is 2.08 bits per heavy atom. The van der Waals surface area contributed by atoms with Gasteiger partial charge in [-0.3, -0.25) is 9.35 Å². The Kier molecular flexibility index (Phi) is 7.60. The van der Waals surface area contributed by atoms with E-state index in [1.807, 2.05) is 0 Å². The minimum atomic E-state index is -4.30. The Morgan fingerprint density at radius 1 is 1.58 bits per heavy atom. The molecule has 0 fully saturated rings. The van der Waals surface area contributed by atoms with Crippen molar-refractivity contribution in [3.8, 4) is 0 Å². The first kappa shape index (κ1) is 15.0. The second-order valence-corrected chi connectivity index (χ2v) is 3.66. The van der Waals surface area contributed by atoms with Crippen LogP contribution in [0.25, 0.3) is 0 Å². The molecule has 1 atom stereocenters. The van der Waals surface area contributed by atoms with Crippen LogP contribution in [0.5, 0.6) is 0 Å². The van der Waals surface area contributed by atoms with E-state index in [9.17, 15) is 13.2 Å². The van der Waals surface area contributed by atoms with Crippen molar-refractivity contribution in [3.63, 3.8) is 0 Å². The van der Waals surface area contributed by atoms with Gasteiger partial charge in [0.1, 0.15) is 0 Å². The second kappa shape index (κ2) is 6.06. The average Bonchev–Trinajstić information content (AvgIpc) is 1.86. The van der Waals surface area contributed by atoms with Crippen LogP contribution in [0.1, 0.15) is 13.3 Å². The fourth-order valence-corrected chi connectivity index (χ4v) is 1.39. The number of carbonyl (C=O) groups is 1. The Morgan fingerprint density at radius 2 is 2.00 bits per heavy atom. The van der Waals surface area contributed by atoms with E-state index < -0.39 is 21.2 Å². The fraction of sp³-hybridized carbons (Fsp3) is 0.800. The molecule has 5 nitrogen and oxygen atoms in total. The first-order valence-corrected chi connectivity index (χ1v) is 4.62. The molecule has 0 saturated carbocycles. The van der Waals surface area contributed by atoms with Crippen LogP contribution in [0.15, 0.2) is 0 Å². The Bertz CT molecular complexity index is 238. The van der Waals surface area contributed by atoms with Gasteiger partial charge < -0.3 is 5.73 Å². The number of hydrogen-bond acceptors (Lipinski definition) is 4. The third kappa shape index (κ3) is 4.54. The third-order valence-electron chi connectivity index (χ3n) is 1.28. The van der Waals surface area contributed by atoms with Crippen molar-refractivity contribution in [2.45, 2.75) is 18.6 Å². The number of rotatable bonds is 4. The maximum absolute atomic E-state index is 10.8. The van der Waals surface area contributed by atoms with Crippen LogP contribution in [0.4, 0.5) is 0 Å². The van der Waals surface area contributed by atoms with Gasteiger partial charge in [0.15, 0.2) is 11.0 Å². The summed E-state index contributed by atoms with van der Waals surface area (Å²) in [5, 5.41) is -1.45.